The number of nitrogens with one attached hydrogen (secondary N) is 2. The molecule has 2 heterocycles. The Morgan fingerprint density at radius 1 is 1.03 bits per heavy atom. The van der Waals surface area contributed by atoms with Gasteiger partial charge in [0.05, 0.1) is 0 Å². The van der Waals surface area contributed by atoms with E-state index in [-0.39, 0.29) is 11.8 Å². The Bertz CT molecular complexity index is 883. The van der Waals surface area contributed by atoms with Gasteiger partial charge in [-0.25, -0.2) is 0 Å². The number of carbonyl (C=O) groups excluding carboxylic acids is 2. The van der Waals surface area contributed by atoms with Gasteiger partial charge in [0.15, 0.2) is 0 Å². The van der Waals surface area contributed by atoms with E-state index in [1.54, 1.807) is 24.5 Å². The van der Waals surface area contributed by atoms with Crippen LogP contribution in [0.2, 0.25) is 0 Å². The average molecular weight is 437 g/mol. The van der Waals surface area contributed by atoms with E-state index in [0.29, 0.717) is 36.7 Å². The molecule has 0 fully saturated rings. The molecule has 2 N–H and O–H groups in total. The predicted octanol–water partition coefficient (Wildman–Crippen LogP) is 4.56. The lowest BCUT2D eigenvalue weighted by Gasteiger charge is -2.27. The van der Waals surface area contributed by atoms with Gasteiger partial charge in [0.1, 0.15) is 0 Å². The van der Waals surface area contributed by atoms with Gasteiger partial charge in [0.25, 0.3) is 11.8 Å². The van der Waals surface area contributed by atoms with Crippen LogP contribution in [0, 0.1) is 5.92 Å². The minimum atomic E-state index is -0.0634. The Kier molecular flexibility index (Phi) is 9.23. The van der Waals surface area contributed by atoms with E-state index in [0.717, 1.165) is 43.5 Å². The number of amides is 2. The summed E-state index contributed by atoms with van der Waals surface area (Å²) >= 11 is 0. The van der Waals surface area contributed by atoms with Crippen LogP contribution in [0.15, 0.2) is 42.7 Å². The van der Waals surface area contributed by atoms with Crippen molar-refractivity contribution in [1.29, 1.82) is 0 Å². The van der Waals surface area contributed by atoms with Crippen LogP contribution in [-0.2, 0) is 6.54 Å². The largest absolute Gasteiger partial charge is 0.352 e. The van der Waals surface area contributed by atoms with Crippen molar-refractivity contribution in [3.63, 3.8) is 0 Å². The highest BCUT2D eigenvalue weighted by Crippen LogP contribution is 2.26. The maximum absolute atomic E-state index is 13.4. The second-order valence-electron chi connectivity index (χ2n) is 8.92. The van der Waals surface area contributed by atoms with Crippen LogP contribution in [0.25, 0.3) is 0 Å². The molecular weight excluding hydrogens is 400 g/mol. The van der Waals surface area contributed by atoms with Crippen molar-refractivity contribution in [1.82, 2.24) is 15.6 Å². The molecule has 0 spiro atoms. The van der Waals surface area contributed by atoms with E-state index in [4.69, 9.17) is 0 Å². The predicted molar refractivity (Wildman–Crippen MR) is 129 cm³/mol. The van der Waals surface area contributed by atoms with Crippen LogP contribution in [0.4, 0.5) is 5.69 Å². The number of fused-ring (bicyclic) bond motifs is 1. The quantitative estimate of drug-likeness (QED) is 0.721. The molecule has 1 aromatic carbocycles. The number of pyridine rings is 1. The summed E-state index contributed by atoms with van der Waals surface area (Å²) in [6.07, 6.45) is 9.83. The van der Waals surface area contributed by atoms with Gasteiger partial charge in [-0.2, -0.15) is 0 Å². The molecule has 1 aliphatic heterocycles. The van der Waals surface area contributed by atoms with E-state index in [9.17, 15) is 9.59 Å². The number of hydrogen-bond acceptors (Lipinski definition) is 4. The van der Waals surface area contributed by atoms with Gasteiger partial charge in [-0.05, 0) is 67.6 Å². The van der Waals surface area contributed by atoms with Crippen LogP contribution >= 0.6 is 0 Å². The highest BCUT2D eigenvalue weighted by atomic mass is 16.2. The Labute approximate surface area is 191 Å². The molecule has 0 atom stereocenters. The van der Waals surface area contributed by atoms with Crippen molar-refractivity contribution < 1.29 is 9.59 Å². The summed E-state index contributed by atoms with van der Waals surface area (Å²) in [6.45, 7) is 7.18. The molecule has 0 unspecified atom stereocenters. The Hall–Kier alpha value is -2.73. The molecular formula is C26H36N4O2. The van der Waals surface area contributed by atoms with Crippen molar-refractivity contribution in [2.24, 2.45) is 5.92 Å². The van der Waals surface area contributed by atoms with Gasteiger partial charge in [-0.15, -0.1) is 0 Å². The van der Waals surface area contributed by atoms with Crippen molar-refractivity contribution in [3.05, 3.63) is 59.4 Å². The van der Waals surface area contributed by atoms with Crippen LogP contribution in [0.3, 0.4) is 0 Å². The number of anilines is 1. The standard InChI is InChI=1S/C26H36N4O2/c1-20(2)10-16-29-25(31)22-8-9-24-23(18-22)19-28-13-6-4-3-5-7-17-30(24)26(32)21-11-14-27-15-12-21/h8-9,11-12,14-15,18,20,28H,3-7,10,13,16-17,19H2,1-2H3,(H,29,31). The lowest BCUT2D eigenvalue weighted by atomic mass is 10.0. The van der Waals surface area contributed by atoms with Gasteiger partial charge in [0.2, 0.25) is 0 Å². The lowest BCUT2D eigenvalue weighted by molar-refractivity contribution is 0.0951. The highest BCUT2D eigenvalue weighted by Gasteiger charge is 2.21. The first-order chi connectivity index (χ1) is 15.6. The van der Waals surface area contributed by atoms with Crippen LogP contribution < -0.4 is 15.5 Å². The second kappa shape index (κ2) is 12.3. The lowest BCUT2D eigenvalue weighted by Crippen LogP contribution is -2.34. The fourth-order valence-electron chi connectivity index (χ4n) is 3.96. The Morgan fingerprint density at radius 3 is 2.56 bits per heavy atom. The molecule has 0 bridgehead atoms. The summed E-state index contributed by atoms with van der Waals surface area (Å²) in [6, 6.07) is 9.22. The molecule has 172 valence electrons. The second-order valence-corrected chi connectivity index (χ2v) is 8.92. The zero-order chi connectivity index (χ0) is 22.8. The molecule has 3 rings (SSSR count). The fourth-order valence-corrected chi connectivity index (χ4v) is 3.96. The molecule has 0 saturated carbocycles. The minimum absolute atomic E-state index is 0.0279. The normalized spacial score (nSPS) is 15.4. The van der Waals surface area contributed by atoms with E-state index in [1.807, 2.05) is 23.1 Å². The van der Waals surface area contributed by atoms with E-state index < -0.39 is 0 Å². The van der Waals surface area contributed by atoms with Crippen molar-refractivity contribution >= 4 is 17.5 Å². The highest BCUT2D eigenvalue weighted by molar-refractivity contribution is 6.06. The fraction of sp³-hybridized carbons (Fsp3) is 0.500. The smallest absolute Gasteiger partial charge is 0.258 e. The molecule has 32 heavy (non-hydrogen) atoms. The van der Waals surface area contributed by atoms with E-state index in [2.05, 4.69) is 29.5 Å². The number of aromatic nitrogens is 1. The third kappa shape index (κ3) is 6.89. The first kappa shape index (κ1) is 23.9. The van der Waals surface area contributed by atoms with Crippen LogP contribution in [0.5, 0.6) is 0 Å². The third-order valence-electron chi connectivity index (χ3n) is 5.86. The van der Waals surface area contributed by atoms with Crippen molar-refractivity contribution in [2.45, 2.75) is 58.9 Å². The monoisotopic (exact) mass is 436 g/mol. The molecule has 6 nitrogen and oxygen atoms in total. The number of benzene rings is 1. The third-order valence-corrected chi connectivity index (χ3v) is 5.86. The van der Waals surface area contributed by atoms with Gasteiger partial charge in [-0.1, -0.05) is 33.1 Å². The topological polar surface area (TPSA) is 74.3 Å². The number of rotatable bonds is 5. The van der Waals surface area contributed by atoms with E-state index in [1.165, 1.54) is 12.8 Å². The molecule has 0 saturated heterocycles. The van der Waals surface area contributed by atoms with Crippen LogP contribution in [0.1, 0.15) is 78.7 Å². The summed E-state index contributed by atoms with van der Waals surface area (Å²) in [5, 5.41) is 6.52. The van der Waals surface area contributed by atoms with Gasteiger partial charge >= 0.3 is 0 Å². The molecule has 2 aromatic rings. The summed E-state index contributed by atoms with van der Waals surface area (Å²) in [5.74, 6) is 0.454. The summed E-state index contributed by atoms with van der Waals surface area (Å²) in [5.41, 5.74) is 3.11. The molecule has 0 radical (unpaired) electrons. The Morgan fingerprint density at radius 2 is 1.78 bits per heavy atom. The average Bonchev–Trinajstić information content (AvgIpc) is 2.79. The first-order valence-electron chi connectivity index (χ1n) is 11.9. The van der Waals surface area contributed by atoms with E-state index >= 15 is 0 Å². The Balaban J connectivity index is 1.89. The number of carbonyl (C=O) groups is 2. The van der Waals surface area contributed by atoms with Gasteiger partial charge < -0.3 is 15.5 Å². The minimum Gasteiger partial charge on any atom is -0.352 e. The maximum Gasteiger partial charge on any atom is 0.258 e. The molecule has 0 aliphatic carbocycles. The number of nitrogens with zero attached hydrogens (tertiary/aromatic N) is 2. The number of hydrogen-bond donors (Lipinski definition) is 2. The molecule has 1 aliphatic rings. The summed E-state index contributed by atoms with van der Waals surface area (Å²) in [7, 11) is 0. The summed E-state index contributed by atoms with van der Waals surface area (Å²) < 4.78 is 0. The van der Waals surface area contributed by atoms with Crippen LogP contribution in [-0.4, -0.2) is 36.4 Å². The van der Waals surface area contributed by atoms with Crippen molar-refractivity contribution in [3.8, 4) is 0 Å². The maximum atomic E-state index is 13.4. The first-order valence-corrected chi connectivity index (χ1v) is 11.9. The van der Waals surface area contributed by atoms with Crippen molar-refractivity contribution in [2.75, 3.05) is 24.5 Å². The summed E-state index contributed by atoms with van der Waals surface area (Å²) in [4.78, 5) is 32.0. The van der Waals surface area contributed by atoms with Gasteiger partial charge in [-0.3, -0.25) is 14.6 Å². The zero-order valence-corrected chi connectivity index (χ0v) is 19.4. The molecule has 6 heteroatoms. The van der Waals surface area contributed by atoms with Gasteiger partial charge in [0, 0.05) is 48.8 Å². The SMILES string of the molecule is CC(C)CCNC(=O)c1ccc2c(c1)CNCCCCCCCN2C(=O)c1ccncc1. The zero-order valence-electron chi connectivity index (χ0n) is 19.4. The molecule has 2 amide bonds. The molecule has 1 aromatic heterocycles.